The van der Waals surface area contributed by atoms with Crippen molar-refractivity contribution in [1.29, 1.82) is 0 Å². The third-order valence-electron chi connectivity index (χ3n) is 4.05. The van der Waals surface area contributed by atoms with Crippen LogP contribution in [0.4, 0.5) is 8.78 Å². The highest BCUT2D eigenvalue weighted by atomic mass is 19.1. The summed E-state index contributed by atoms with van der Waals surface area (Å²) >= 11 is 0. The van der Waals surface area contributed by atoms with Gasteiger partial charge in [-0.2, -0.15) is 0 Å². The van der Waals surface area contributed by atoms with E-state index in [1.807, 2.05) is 0 Å². The van der Waals surface area contributed by atoms with E-state index in [0.29, 0.717) is 19.5 Å². The summed E-state index contributed by atoms with van der Waals surface area (Å²) in [6, 6.07) is 1.96. The molecule has 0 radical (unpaired) electrons. The van der Waals surface area contributed by atoms with Crippen molar-refractivity contribution in [3.63, 3.8) is 0 Å². The first kappa shape index (κ1) is 16.4. The van der Waals surface area contributed by atoms with Crippen LogP contribution >= 0.6 is 0 Å². The second kappa shape index (κ2) is 6.85. The molecular formula is C16H19F2NO3. The molecule has 0 unspecified atom stereocenters. The number of hydrogen-bond donors (Lipinski definition) is 1. The molecule has 0 saturated carbocycles. The SMILES string of the molecule is Cc1cc(F)c(C(=O)N2CCC[C@@H](CCC(=O)O)C2)cc1F. The number of aliphatic carboxylic acids is 1. The van der Waals surface area contributed by atoms with Crippen molar-refractivity contribution < 1.29 is 23.5 Å². The van der Waals surface area contributed by atoms with Gasteiger partial charge in [0.05, 0.1) is 5.56 Å². The van der Waals surface area contributed by atoms with Gasteiger partial charge in [-0.15, -0.1) is 0 Å². The molecule has 4 nitrogen and oxygen atoms in total. The van der Waals surface area contributed by atoms with E-state index >= 15 is 0 Å². The topological polar surface area (TPSA) is 57.6 Å². The quantitative estimate of drug-likeness (QED) is 0.930. The first-order valence-electron chi connectivity index (χ1n) is 7.35. The van der Waals surface area contributed by atoms with Gasteiger partial charge in [0.2, 0.25) is 0 Å². The highest BCUT2D eigenvalue weighted by Gasteiger charge is 2.27. The summed E-state index contributed by atoms with van der Waals surface area (Å²) in [4.78, 5) is 24.5. The number of halogens is 2. The van der Waals surface area contributed by atoms with Gasteiger partial charge in [-0.1, -0.05) is 0 Å². The van der Waals surface area contributed by atoms with Crippen LogP contribution in [0.15, 0.2) is 12.1 Å². The fourth-order valence-electron chi connectivity index (χ4n) is 2.79. The van der Waals surface area contributed by atoms with E-state index in [0.717, 1.165) is 25.0 Å². The number of likely N-dealkylation sites (tertiary alicyclic amines) is 1. The molecule has 0 aromatic heterocycles. The number of carbonyl (C=O) groups excluding carboxylic acids is 1. The van der Waals surface area contributed by atoms with Crippen molar-refractivity contribution >= 4 is 11.9 Å². The van der Waals surface area contributed by atoms with Gasteiger partial charge in [0.25, 0.3) is 5.91 Å². The van der Waals surface area contributed by atoms with E-state index in [9.17, 15) is 18.4 Å². The van der Waals surface area contributed by atoms with Gasteiger partial charge in [0, 0.05) is 19.5 Å². The molecule has 1 amide bonds. The first-order valence-corrected chi connectivity index (χ1v) is 7.35. The summed E-state index contributed by atoms with van der Waals surface area (Å²) in [6.45, 7) is 2.31. The summed E-state index contributed by atoms with van der Waals surface area (Å²) in [5.74, 6) is -2.64. The molecule has 1 heterocycles. The molecule has 2 rings (SSSR count). The fourth-order valence-corrected chi connectivity index (χ4v) is 2.79. The lowest BCUT2D eigenvalue weighted by Gasteiger charge is -2.32. The Morgan fingerprint density at radius 2 is 2.05 bits per heavy atom. The van der Waals surface area contributed by atoms with Gasteiger partial charge < -0.3 is 10.0 Å². The van der Waals surface area contributed by atoms with E-state index in [4.69, 9.17) is 5.11 Å². The molecule has 120 valence electrons. The summed E-state index contributed by atoms with van der Waals surface area (Å²) in [5.41, 5.74) is -0.103. The summed E-state index contributed by atoms with van der Waals surface area (Å²) in [6.07, 6.45) is 2.14. The Balaban J connectivity index is 2.09. The average Bonchev–Trinajstić information content (AvgIpc) is 2.48. The van der Waals surface area contributed by atoms with Crippen LogP contribution in [0.3, 0.4) is 0 Å². The van der Waals surface area contributed by atoms with Crippen LogP contribution in [0.2, 0.25) is 0 Å². The number of hydrogen-bond acceptors (Lipinski definition) is 2. The lowest BCUT2D eigenvalue weighted by molar-refractivity contribution is -0.137. The maximum absolute atomic E-state index is 13.9. The highest BCUT2D eigenvalue weighted by molar-refractivity contribution is 5.94. The molecule has 1 aromatic rings. The monoisotopic (exact) mass is 311 g/mol. The van der Waals surface area contributed by atoms with Gasteiger partial charge in [0.15, 0.2) is 0 Å². The van der Waals surface area contributed by atoms with Crippen molar-refractivity contribution in [3.8, 4) is 0 Å². The summed E-state index contributed by atoms with van der Waals surface area (Å²) in [5, 5.41) is 8.72. The van der Waals surface area contributed by atoms with E-state index in [2.05, 4.69) is 0 Å². The normalized spacial score (nSPS) is 18.3. The summed E-state index contributed by atoms with van der Waals surface area (Å²) in [7, 11) is 0. The molecule has 1 fully saturated rings. The number of rotatable bonds is 4. The molecule has 1 atom stereocenters. The molecular weight excluding hydrogens is 292 g/mol. The Hall–Kier alpha value is -1.98. The minimum Gasteiger partial charge on any atom is -0.481 e. The van der Waals surface area contributed by atoms with E-state index in [-0.39, 0.29) is 23.5 Å². The Kier molecular flexibility index (Phi) is 5.11. The molecule has 6 heteroatoms. The van der Waals surface area contributed by atoms with Crippen LogP contribution in [0.25, 0.3) is 0 Å². The number of carboxylic acids is 1. The number of benzene rings is 1. The number of amides is 1. The predicted molar refractivity (Wildman–Crippen MR) is 76.6 cm³/mol. The van der Waals surface area contributed by atoms with Crippen LogP contribution in [0, 0.1) is 24.5 Å². The van der Waals surface area contributed by atoms with Gasteiger partial charge >= 0.3 is 5.97 Å². The molecule has 1 aliphatic heterocycles. The zero-order valence-electron chi connectivity index (χ0n) is 12.4. The summed E-state index contributed by atoms with van der Waals surface area (Å²) < 4.78 is 27.5. The van der Waals surface area contributed by atoms with E-state index < -0.39 is 23.5 Å². The molecule has 1 saturated heterocycles. The Labute approximate surface area is 127 Å². The van der Waals surface area contributed by atoms with Gasteiger partial charge in [0.1, 0.15) is 11.6 Å². The third kappa shape index (κ3) is 3.81. The van der Waals surface area contributed by atoms with Crippen LogP contribution in [0.5, 0.6) is 0 Å². The minimum absolute atomic E-state index is 0.0558. The van der Waals surface area contributed by atoms with Crippen LogP contribution in [0.1, 0.15) is 41.6 Å². The predicted octanol–water partition coefficient (Wildman–Crippen LogP) is 2.99. The van der Waals surface area contributed by atoms with Crippen LogP contribution in [-0.2, 0) is 4.79 Å². The van der Waals surface area contributed by atoms with Crippen LogP contribution < -0.4 is 0 Å². The zero-order chi connectivity index (χ0) is 16.3. The van der Waals surface area contributed by atoms with Crippen molar-refractivity contribution in [3.05, 3.63) is 34.9 Å². The second-order valence-electron chi connectivity index (χ2n) is 5.77. The van der Waals surface area contributed by atoms with Crippen molar-refractivity contribution in [2.45, 2.75) is 32.6 Å². The molecule has 0 bridgehead atoms. The number of carboxylic acid groups (broad SMARTS) is 1. The fraction of sp³-hybridized carbons (Fsp3) is 0.500. The smallest absolute Gasteiger partial charge is 0.303 e. The largest absolute Gasteiger partial charge is 0.481 e. The van der Waals surface area contributed by atoms with Crippen molar-refractivity contribution in [1.82, 2.24) is 4.90 Å². The van der Waals surface area contributed by atoms with Gasteiger partial charge in [-0.05, 0) is 49.8 Å². The molecule has 1 aromatic carbocycles. The second-order valence-corrected chi connectivity index (χ2v) is 5.77. The Morgan fingerprint density at radius 3 is 2.73 bits per heavy atom. The van der Waals surface area contributed by atoms with Gasteiger partial charge in [-0.3, -0.25) is 9.59 Å². The molecule has 1 aliphatic rings. The van der Waals surface area contributed by atoms with E-state index in [1.54, 1.807) is 0 Å². The zero-order valence-corrected chi connectivity index (χ0v) is 12.4. The number of piperidine rings is 1. The van der Waals surface area contributed by atoms with Crippen LogP contribution in [-0.4, -0.2) is 35.0 Å². The Bertz CT molecular complexity index is 589. The number of nitrogens with zero attached hydrogens (tertiary/aromatic N) is 1. The van der Waals surface area contributed by atoms with Crippen molar-refractivity contribution in [2.75, 3.05) is 13.1 Å². The molecule has 22 heavy (non-hydrogen) atoms. The molecule has 1 N–H and O–H groups in total. The lowest BCUT2D eigenvalue weighted by atomic mass is 9.93. The average molecular weight is 311 g/mol. The standard InChI is InChI=1S/C16H19F2NO3/c1-10-7-14(18)12(8-13(10)17)16(22)19-6-2-3-11(9-19)4-5-15(20)21/h7-8,11H,2-6,9H2,1H3,(H,20,21)/t11-/m0/s1. The number of carbonyl (C=O) groups is 2. The molecule has 0 aliphatic carbocycles. The third-order valence-corrected chi connectivity index (χ3v) is 4.05. The maximum atomic E-state index is 13.9. The molecule has 0 spiro atoms. The first-order chi connectivity index (χ1) is 10.4. The van der Waals surface area contributed by atoms with Gasteiger partial charge in [-0.25, -0.2) is 8.78 Å². The Morgan fingerprint density at radius 1 is 1.32 bits per heavy atom. The maximum Gasteiger partial charge on any atom is 0.303 e. The number of aryl methyl sites for hydroxylation is 1. The highest BCUT2D eigenvalue weighted by Crippen LogP contribution is 2.24. The minimum atomic E-state index is -0.866. The lowest BCUT2D eigenvalue weighted by Crippen LogP contribution is -2.40. The van der Waals surface area contributed by atoms with Crippen molar-refractivity contribution in [2.24, 2.45) is 5.92 Å². The van der Waals surface area contributed by atoms with E-state index in [1.165, 1.54) is 11.8 Å².